The van der Waals surface area contributed by atoms with Crippen LogP contribution >= 0.6 is 15.9 Å². The van der Waals surface area contributed by atoms with Crippen LogP contribution in [0, 0.1) is 6.92 Å². The Morgan fingerprint density at radius 1 is 1.47 bits per heavy atom. The van der Waals surface area contributed by atoms with Crippen LogP contribution in [0.4, 0.5) is 0 Å². The fraction of sp³-hybridized carbons (Fsp3) is 0.417. The molecule has 0 aliphatic carbocycles. The molecule has 1 atom stereocenters. The first-order valence-corrected chi connectivity index (χ1v) is 8.08. The number of carbonyl (C=O) groups is 1. The summed E-state index contributed by atoms with van der Waals surface area (Å²) < 4.78 is 26.8. The monoisotopic (exact) mass is 347 g/mol. The van der Waals surface area contributed by atoms with Crippen LogP contribution in [0.3, 0.4) is 0 Å². The number of rotatable bonds is 3. The van der Waals surface area contributed by atoms with E-state index in [-0.39, 0.29) is 11.4 Å². The number of halogens is 1. The van der Waals surface area contributed by atoms with Gasteiger partial charge < -0.3 is 5.11 Å². The number of carboxylic acid groups (broad SMARTS) is 1. The first kappa shape index (κ1) is 14.5. The molecule has 1 aromatic rings. The number of aryl methyl sites for hydroxylation is 1. The molecule has 19 heavy (non-hydrogen) atoms. The van der Waals surface area contributed by atoms with Gasteiger partial charge in [0.25, 0.3) is 0 Å². The minimum absolute atomic E-state index is 0.140. The Morgan fingerprint density at radius 2 is 2.16 bits per heavy atom. The second kappa shape index (κ2) is 5.22. The number of benzene rings is 1. The SMILES string of the molecule is Cc1cc(S(=O)(=O)N2CCC[C@H]2C(=O)O)ccc1Br. The first-order chi connectivity index (χ1) is 8.84. The fourth-order valence-electron chi connectivity index (χ4n) is 2.19. The third-order valence-corrected chi connectivity index (χ3v) is 6.02. The van der Waals surface area contributed by atoms with Crippen molar-refractivity contribution in [3.8, 4) is 0 Å². The van der Waals surface area contributed by atoms with Gasteiger partial charge in [0, 0.05) is 11.0 Å². The molecule has 0 spiro atoms. The van der Waals surface area contributed by atoms with E-state index in [1.54, 1.807) is 19.1 Å². The minimum atomic E-state index is -3.74. The summed E-state index contributed by atoms with van der Waals surface area (Å²) in [5, 5.41) is 9.08. The molecule has 1 fully saturated rings. The molecule has 2 rings (SSSR count). The molecule has 0 bridgehead atoms. The van der Waals surface area contributed by atoms with Gasteiger partial charge in [-0.2, -0.15) is 4.31 Å². The smallest absolute Gasteiger partial charge is 0.322 e. The second-order valence-electron chi connectivity index (χ2n) is 4.52. The zero-order chi connectivity index (χ0) is 14.2. The molecule has 0 amide bonds. The van der Waals surface area contributed by atoms with Crippen molar-refractivity contribution < 1.29 is 18.3 Å². The van der Waals surface area contributed by atoms with Gasteiger partial charge >= 0.3 is 5.97 Å². The van der Waals surface area contributed by atoms with E-state index in [1.165, 1.54) is 6.07 Å². The van der Waals surface area contributed by atoms with E-state index in [4.69, 9.17) is 5.11 Å². The molecule has 0 unspecified atom stereocenters. The predicted octanol–water partition coefficient (Wildman–Crippen LogP) is 2.00. The summed E-state index contributed by atoms with van der Waals surface area (Å²) in [4.78, 5) is 11.2. The quantitative estimate of drug-likeness (QED) is 0.907. The highest BCUT2D eigenvalue weighted by Gasteiger charge is 2.39. The normalized spacial score (nSPS) is 20.6. The number of hydrogen-bond acceptors (Lipinski definition) is 3. The maximum Gasteiger partial charge on any atom is 0.322 e. The van der Waals surface area contributed by atoms with E-state index in [1.807, 2.05) is 0 Å². The molecule has 7 heteroatoms. The van der Waals surface area contributed by atoms with Gasteiger partial charge in [0.1, 0.15) is 6.04 Å². The summed E-state index contributed by atoms with van der Waals surface area (Å²) >= 11 is 3.31. The average Bonchev–Trinajstić information content (AvgIpc) is 2.82. The molecular weight excluding hydrogens is 334 g/mol. The Balaban J connectivity index is 2.42. The highest BCUT2D eigenvalue weighted by atomic mass is 79.9. The number of sulfonamides is 1. The third kappa shape index (κ3) is 2.68. The first-order valence-electron chi connectivity index (χ1n) is 5.85. The van der Waals surface area contributed by atoms with E-state index in [2.05, 4.69) is 15.9 Å². The van der Waals surface area contributed by atoms with Gasteiger partial charge in [0.2, 0.25) is 10.0 Å². The molecule has 1 heterocycles. The Morgan fingerprint density at radius 3 is 2.74 bits per heavy atom. The molecule has 1 aliphatic heterocycles. The third-order valence-electron chi connectivity index (χ3n) is 3.22. The van der Waals surface area contributed by atoms with Crippen molar-refractivity contribution in [1.82, 2.24) is 4.31 Å². The molecule has 0 aromatic heterocycles. The Labute approximate surface area is 120 Å². The van der Waals surface area contributed by atoms with Crippen LogP contribution in [0.15, 0.2) is 27.6 Å². The van der Waals surface area contributed by atoms with Crippen molar-refractivity contribution in [2.75, 3.05) is 6.54 Å². The zero-order valence-corrected chi connectivity index (χ0v) is 12.7. The van der Waals surface area contributed by atoms with Gasteiger partial charge in [-0.25, -0.2) is 8.42 Å². The summed E-state index contributed by atoms with van der Waals surface area (Å²) in [5.41, 5.74) is 0.798. The van der Waals surface area contributed by atoms with Crippen LogP contribution in [-0.4, -0.2) is 36.4 Å². The molecule has 1 aromatic carbocycles. The summed E-state index contributed by atoms with van der Waals surface area (Å²) in [6.07, 6.45) is 0.940. The van der Waals surface area contributed by atoms with Crippen molar-refractivity contribution in [1.29, 1.82) is 0 Å². The van der Waals surface area contributed by atoms with Gasteiger partial charge in [-0.1, -0.05) is 15.9 Å². The van der Waals surface area contributed by atoms with Gasteiger partial charge in [0.05, 0.1) is 4.90 Å². The Hall–Kier alpha value is -0.920. The largest absolute Gasteiger partial charge is 0.480 e. The zero-order valence-electron chi connectivity index (χ0n) is 10.3. The minimum Gasteiger partial charge on any atom is -0.480 e. The Bertz CT molecular complexity index is 614. The van der Waals surface area contributed by atoms with E-state index in [0.29, 0.717) is 12.8 Å². The molecule has 0 radical (unpaired) electrons. The molecular formula is C12H14BrNO4S. The van der Waals surface area contributed by atoms with Crippen molar-refractivity contribution in [3.05, 3.63) is 28.2 Å². The predicted molar refractivity (Wildman–Crippen MR) is 73.4 cm³/mol. The lowest BCUT2D eigenvalue weighted by molar-refractivity contribution is -0.140. The van der Waals surface area contributed by atoms with Crippen LogP contribution in [0.1, 0.15) is 18.4 Å². The number of aliphatic carboxylic acids is 1. The summed E-state index contributed by atoms with van der Waals surface area (Å²) in [7, 11) is -3.74. The highest BCUT2D eigenvalue weighted by molar-refractivity contribution is 9.10. The van der Waals surface area contributed by atoms with E-state index in [0.717, 1.165) is 14.3 Å². The molecule has 0 saturated carbocycles. The lowest BCUT2D eigenvalue weighted by atomic mass is 10.2. The standard InChI is InChI=1S/C12H14BrNO4S/c1-8-7-9(4-5-10(8)13)19(17,18)14-6-2-3-11(14)12(15)16/h4-5,7,11H,2-3,6H2,1H3,(H,15,16)/t11-/m0/s1. The van der Waals surface area contributed by atoms with Crippen LogP contribution < -0.4 is 0 Å². The number of hydrogen-bond donors (Lipinski definition) is 1. The van der Waals surface area contributed by atoms with Crippen LogP contribution in [0.25, 0.3) is 0 Å². The lowest BCUT2D eigenvalue weighted by Gasteiger charge is -2.21. The van der Waals surface area contributed by atoms with Crippen molar-refractivity contribution in [2.24, 2.45) is 0 Å². The van der Waals surface area contributed by atoms with E-state index < -0.39 is 22.0 Å². The van der Waals surface area contributed by atoms with Crippen molar-refractivity contribution >= 4 is 31.9 Å². The molecule has 1 aliphatic rings. The fourth-order valence-corrected chi connectivity index (χ4v) is 4.17. The highest BCUT2D eigenvalue weighted by Crippen LogP contribution is 2.28. The lowest BCUT2D eigenvalue weighted by Crippen LogP contribution is -2.40. The summed E-state index contributed by atoms with van der Waals surface area (Å²) in [5.74, 6) is -1.09. The number of nitrogens with zero attached hydrogens (tertiary/aromatic N) is 1. The van der Waals surface area contributed by atoms with Crippen molar-refractivity contribution in [2.45, 2.75) is 30.7 Å². The molecule has 104 valence electrons. The Kier molecular flexibility index (Phi) is 3.98. The van der Waals surface area contributed by atoms with Crippen LogP contribution in [-0.2, 0) is 14.8 Å². The summed E-state index contributed by atoms with van der Waals surface area (Å²) in [6.45, 7) is 2.05. The van der Waals surface area contributed by atoms with E-state index in [9.17, 15) is 13.2 Å². The van der Waals surface area contributed by atoms with E-state index >= 15 is 0 Å². The van der Waals surface area contributed by atoms with Gasteiger partial charge in [-0.05, 0) is 43.5 Å². The summed E-state index contributed by atoms with van der Waals surface area (Å²) in [6, 6.07) is 3.75. The van der Waals surface area contributed by atoms with Gasteiger partial charge in [-0.3, -0.25) is 4.79 Å². The van der Waals surface area contributed by atoms with Crippen molar-refractivity contribution in [3.63, 3.8) is 0 Å². The van der Waals surface area contributed by atoms with Gasteiger partial charge in [0.15, 0.2) is 0 Å². The van der Waals surface area contributed by atoms with Gasteiger partial charge in [-0.15, -0.1) is 0 Å². The average molecular weight is 348 g/mol. The maximum atomic E-state index is 12.5. The number of carboxylic acids is 1. The topological polar surface area (TPSA) is 74.7 Å². The maximum absolute atomic E-state index is 12.5. The molecule has 5 nitrogen and oxygen atoms in total. The molecule has 1 saturated heterocycles. The molecule has 1 N–H and O–H groups in total. The second-order valence-corrected chi connectivity index (χ2v) is 7.27. The van der Waals surface area contributed by atoms with Crippen LogP contribution in [0.5, 0.6) is 0 Å². The van der Waals surface area contributed by atoms with Crippen LogP contribution in [0.2, 0.25) is 0 Å².